The van der Waals surface area contributed by atoms with Crippen molar-refractivity contribution in [1.29, 1.82) is 0 Å². The van der Waals surface area contributed by atoms with Crippen LogP contribution in [0.4, 0.5) is 0 Å². The summed E-state index contributed by atoms with van der Waals surface area (Å²) in [5, 5.41) is 2.65. The number of piperidine rings is 1. The van der Waals surface area contributed by atoms with E-state index >= 15 is 0 Å². The van der Waals surface area contributed by atoms with Crippen LogP contribution in [0.1, 0.15) is 51.2 Å². The largest absolute Gasteiger partial charge is 0.467 e. The maximum atomic E-state index is 11.8. The Balaban J connectivity index is 2.00. The summed E-state index contributed by atoms with van der Waals surface area (Å²) in [5.74, 6) is -0.657. The molecule has 138 valence electrons. The predicted molar refractivity (Wildman–Crippen MR) is 98.1 cm³/mol. The van der Waals surface area contributed by atoms with Crippen molar-refractivity contribution in [3.05, 3.63) is 35.4 Å². The van der Waals surface area contributed by atoms with E-state index in [1.807, 2.05) is 12.1 Å². The van der Waals surface area contributed by atoms with Crippen molar-refractivity contribution in [2.24, 2.45) is 0 Å². The summed E-state index contributed by atoms with van der Waals surface area (Å²) in [4.78, 5) is 25.6. The highest BCUT2D eigenvalue weighted by atomic mass is 16.5. The molecule has 3 atom stereocenters. The Morgan fingerprint density at radius 1 is 1.16 bits per heavy atom. The molecule has 2 rings (SSSR count). The topological polar surface area (TPSA) is 58.6 Å². The molecule has 1 saturated heterocycles. The van der Waals surface area contributed by atoms with Gasteiger partial charge in [0.05, 0.1) is 7.11 Å². The second kappa shape index (κ2) is 8.99. The van der Waals surface area contributed by atoms with Gasteiger partial charge in [-0.1, -0.05) is 30.7 Å². The minimum atomic E-state index is -0.643. The van der Waals surface area contributed by atoms with E-state index in [1.54, 1.807) is 0 Å². The lowest BCUT2D eigenvalue weighted by Gasteiger charge is -2.39. The molecule has 5 heteroatoms. The Labute approximate surface area is 150 Å². The maximum Gasteiger partial charge on any atom is 0.328 e. The quantitative estimate of drug-likeness (QED) is 0.805. The third kappa shape index (κ3) is 5.56. The van der Waals surface area contributed by atoms with Gasteiger partial charge in [0.15, 0.2) is 0 Å². The number of ether oxygens (including phenoxy) is 1. The summed E-state index contributed by atoms with van der Waals surface area (Å²) < 4.78 is 4.77. The van der Waals surface area contributed by atoms with Crippen LogP contribution in [0.15, 0.2) is 24.3 Å². The van der Waals surface area contributed by atoms with E-state index < -0.39 is 12.0 Å². The fourth-order valence-electron chi connectivity index (χ4n) is 3.59. The maximum absolute atomic E-state index is 11.8. The van der Waals surface area contributed by atoms with Gasteiger partial charge < -0.3 is 10.1 Å². The summed E-state index contributed by atoms with van der Waals surface area (Å²) in [5.41, 5.74) is 2.28. The number of nitrogens with one attached hydrogen (secondary N) is 1. The van der Waals surface area contributed by atoms with Gasteiger partial charge in [-0.15, -0.1) is 0 Å². The zero-order valence-corrected chi connectivity index (χ0v) is 15.7. The molecule has 1 fully saturated rings. The molecule has 1 aliphatic heterocycles. The number of amides is 1. The molecular weight excluding hydrogens is 316 g/mol. The fraction of sp³-hybridized carbons (Fsp3) is 0.600. The van der Waals surface area contributed by atoms with Gasteiger partial charge in [-0.25, -0.2) is 4.79 Å². The van der Waals surface area contributed by atoms with Gasteiger partial charge in [0.1, 0.15) is 6.04 Å². The van der Waals surface area contributed by atoms with Crippen molar-refractivity contribution < 1.29 is 14.3 Å². The Morgan fingerprint density at radius 3 is 2.24 bits per heavy atom. The lowest BCUT2D eigenvalue weighted by Crippen LogP contribution is -2.43. The normalized spacial score (nSPS) is 22.2. The van der Waals surface area contributed by atoms with Gasteiger partial charge in [-0.05, 0) is 37.8 Å². The van der Waals surface area contributed by atoms with Crippen molar-refractivity contribution in [1.82, 2.24) is 10.2 Å². The Bertz CT molecular complexity index is 575. The molecule has 1 aliphatic rings. The number of nitrogens with zero attached hydrogens (tertiary/aromatic N) is 1. The van der Waals surface area contributed by atoms with Crippen LogP contribution >= 0.6 is 0 Å². The minimum Gasteiger partial charge on any atom is -0.467 e. The van der Waals surface area contributed by atoms with Crippen LogP contribution in [-0.2, 0) is 27.3 Å². The zero-order valence-electron chi connectivity index (χ0n) is 15.7. The summed E-state index contributed by atoms with van der Waals surface area (Å²) in [6.07, 6.45) is 4.28. The number of esters is 1. The highest BCUT2D eigenvalue weighted by molar-refractivity contribution is 5.83. The highest BCUT2D eigenvalue weighted by Gasteiger charge is 2.24. The van der Waals surface area contributed by atoms with E-state index in [1.165, 1.54) is 38.9 Å². The molecule has 0 aliphatic carbocycles. The summed E-state index contributed by atoms with van der Waals surface area (Å²) in [6.45, 7) is 6.96. The van der Waals surface area contributed by atoms with E-state index in [4.69, 9.17) is 4.74 Å². The lowest BCUT2D eigenvalue weighted by atomic mass is 9.96. The number of likely N-dealkylation sites (tertiary alicyclic amines) is 1. The highest BCUT2D eigenvalue weighted by Crippen LogP contribution is 2.24. The molecular formula is C20H30N2O3. The van der Waals surface area contributed by atoms with Gasteiger partial charge in [0.25, 0.3) is 0 Å². The van der Waals surface area contributed by atoms with E-state index in [2.05, 4.69) is 36.2 Å². The van der Waals surface area contributed by atoms with E-state index in [0.717, 1.165) is 12.1 Å². The molecule has 0 radical (unpaired) electrons. The van der Waals surface area contributed by atoms with Gasteiger partial charge >= 0.3 is 5.97 Å². The number of methoxy groups -OCH3 is 1. The van der Waals surface area contributed by atoms with E-state index in [9.17, 15) is 9.59 Å². The number of hydrogen-bond donors (Lipinski definition) is 1. The number of rotatable bonds is 6. The van der Waals surface area contributed by atoms with E-state index in [-0.39, 0.29) is 5.91 Å². The second-order valence-corrected chi connectivity index (χ2v) is 7.10. The Morgan fingerprint density at radius 2 is 1.72 bits per heavy atom. The number of carbonyl (C=O) groups excluding carboxylic acids is 2. The monoisotopic (exact) mass is 346 g/mol. The van der Waals surface area contributed by atoms with Crippen molar-refractivity contribution >= 4 is 11.9 Å². The predicted octanol–water partition coefficient (Wildman–Crippen LogP) is 2.67. The van der Waals surface area contributed by atoms with Crippen LogP contribution in [0.25, 0.3) is 0 Å². The van der Waals surface area contributed by atoms with Crippen molar-refractivity contribution in [3.8, 4) is 0 Å². The molecule has 0 saturated carbocycles. The smallest absolute Gasteiger partial charge is 0.328 e. The number of hydrogen-bond acceptors (Lipinski definition) is 4. The summed E-state index contributed by atoms with van der Waals surface area (Å²) >= 11 is 0. The Kier molecular flexibility index (Phi) is 7.00. The van der Waals surface area contributed by atoms with Crippen molar-refractivity contribution in [3.63, 3.8) is 0 Å². The molecule has 0 aromatic heterocycles. The molecule has 0 spiro atoms. The molecule has 0 bridgehead atoms. The van der Waals surface area contributed by atoms with E-state index in [0.29, 0.717) is 18.5 Å². The molecule has 25 heavy (non-hydrogen) atoms. The van der Waals surface area contributed by atoms with Gasteiger partial charge in [-0.3, -0.25) is 9.69 Å². The third-order valence-corrected chi connectivity index (χ3v) is 5.07. The summed E-state index contributed by atoms with van der Waals surface area (Å²) in [7, 11) is 1.33. The van der Waals surface area contributed by atoms with Crippen LogP contribution in [0.5, 0.6) is 0 Å². The lowest BCUT2D eigenvalue weighted by molar-refractivity contribution is -0.144. The standard InChI is InChI=1S/C20H30N2O3/c1-14-6-5-7-15(2)22(14)13-18-10-8-17(9-11-18)12-19(20(24)25-4)21-16(3)23/h8-11,14-15,19H,5-7,12-13H2,1-4H3,(H,21,23)/t14-,15+,19-/m1/s1. The average Bonchev–Trinajstić information content (AvgIpc) is 2.58. The zero-order chi connectivity index (χ0) is 18.4. The molecule has 1 amide bonds. The summed E-state index contributed by atoms with van der Waals surface area (Å²) in [6, 6.07) is 8.89. The van der Waals surface area contributed by atoms with Crippen LogP contribution in [0.3, 0.4) is 0 Å². The van der Waals surface area contributed by atoms with Crippen molar-refractivity contribution in [2.45, 2.75) is 71.1 Å². The average molecular weight is 346 g/mol. The molecule has 1 heterocycles. The second-order valence-electron chi connectivity index (χ2n) is 7.10. The minimum absolute atomic E-state index is 0.236. The number of carbonyl (C=O) groups is 2. The first kappa shape index (κ1) is 19.4. The molecule has 1 aromatic rings. The van der Waals surface area contributed by atoms with Crippen LogP contribution in [-0.4, -0.2) is 42.0 Å². The molecule has 5 nitrogen and oxygen atoms in total. The molecule has 0 unspecified atom stereocenters. The first-order valence-electron chi connectivity index (χ1n) is 9.09. The molecule has 1 N–H and O–H groups in total. The van der Waals surface area contributed by atoms with Gasteiger partial charge in [0.2, 0.25) is 5.91 Å². The first-order valence-corrected chi connectivity index (χ1v) is 9.09. The van der Waals surface area contributed by atoms with Crippen LogP contribution < -0.4 is 5.32 Å². The Hall–Kier alpha value is -1.88. The van der Waals surface area contributed by atoms with Gasteiger partial charge in [0, 0.05) is 32.0 Å². The van der Waals surface area contributed by atoms with Crippen LogP contribution in [0.2, 0.25) is 0 Å². The first-order chi connectivity index (χ1) is 11.9. The number of benzene rings is 1. The SMILES string of the molecule is COC(=O)[C@@H](Cc1ccc(CN2[C@H](C)CCC[C@@H]2C)cc1)NC(C)=O. The van der Waals surface area contributed by atoms with Crippen LogP contribution in [0, 0.1) is 0 Å². The van der Waals surface area contributed by atoms with Crippen molar-refractivity contribution in [2.75, 3.05) is 7.11 Å². The molecule has 1 aromatic carbocycles. The van der Waals surface area contributed by atoms with Gasteiger partial charge in [-0.2, -0.15) is 0 Å². The fourth-order valence-corrected chi connectivity index (χ4v) is 3.59. The third-order valence-electron chi connectivity index (χ3n) is 5.07.